The number of fused-ring (bicyclic) bond motifs is 3. The third kappa shape index (κ3) is 3.17. The summed E-state index contributed by atoms with van der Waals surface area (Å²) in [5.74, 6) is -1.27. The van der Waals surface area contributed by atoms with Crippen molar-refractivity contribution in [3.63, 3.8) is 0 Å². The van der Waals surface area contributed by atoms with Gasteiger partial charge in [0.2, 0.25) is 0 Å². The lowest BCUT2D eigenvalue weighted by Gasteiger charge is -2.37. The first-order valence-corrected chi connectivity index (χ1v) is 8.81. The molecule has 132 valence electrons. The van der Waals surface area contributed by atoms with Gasteiger partial charge in [-0.15, -0.1) is 0 Å². The first kappa shape index (κ1) is 16.2. The average Bonchev–Trinajstić information content (AvgIpc) is 3.11. The Morgan fingerprint density at radius 3 is 2.26 bits per heavy atom. The van der Waals surface area contributed by atoms with Crippen molar-refractivity contribution in [1.82, 2.24) is 0 Å². The van der Waals surface area contributed by atoms with Crippen molar-refractivity contribution in [2.24, 2.45) is 0 Å². The molecule has 6 atom stereocenters. The van der Waals surface area contributed by atoms with Gasteiger partial charge in [-0.25, -0.2) is 0 Å². The van der Waals surface area contributed by atoms with E-state index >= 15 is 0 Å². The fraction of sp³-hybridized carbons (Fsp3) is 1.00. The van der Waals surface area contributed by atoms with E-state index in [1.54, 1.807) is 0 Å². The molecule has 4 fully saturated rings. The van der Waals surface area contributed by atoms with E-state index in [1.165, 1.54) is 0 Å². The average molecular weight is 328 g/mol. The lowest BCUT2D eigenvalue weighted by Crippen LogP contribution is -2.55. The second-order valence-corrected chi connectivity index (χ2v) is 7.92. The summed E-state index contributed by atoms with van der Waals surface area (Å²) < 4.78 is 36.1. The number of hydrogen-bond donors (Lipinski definition) is 0. The first-order valence-electron chi connectivity index (χ1n) is 8.81. The second kappa shape index (κ2) is 5.64. The Bertz CT molecular complexity index is 444. The molecule has 0 aromatic rings. The number of ether oxygens (including phenoxy) is 6. The molecule has 4 heterocycles. The molecule has 0 bridgehead atoms. The van der Waals surface area contributed by atoms with E-state index in [2.05, 4.69) is 0 Å². The fourth-order valence-corrected chi connectivity index (χ4v) is 4.15. The molecule has 0 radical (unpaired) electrons. The molecule has 0 aromatic heterocycles. The van der Waals surface area contributed by atoms with Gasteiger partial charge >= 0.3 is 0 Å². The maximum Gasteiger partial charge on any atom is 0.190 e. The van der Waals surface area contributed by atoms with Crippen LogP contribution < -0.4 is 0 Å². The maximum absolute atomic E-state index is 6.21. The molecule has 4 aliphatic rings. The van der Waals surface area contributed by atoms with Crippen LogP contribution in [-0.4, -0.2) is 55.0 Å². The van der Waals surface area contributed by atoms with Crippen LogP contribution in [0.3, 0.4) is 0 Å². The van der Waals surface area contributed by atoms with Crippen molar-refractivity contribution >= 4 is 0 Å². The Balaban J connectivity index is 1.48. The highest BCUT2D eigenvalue weighted by Crippen LogP contribution is 2.45. The Morgan fingerprint density at radius 1 is 0.826 bits per heavy atom. The van der Waals surface area contributed by atoms with Crippen LogP contribution in [0.4, 0.5) is 0 Å². The molecule has 4 saturated heterocycles. The van der Waals surface area contributed by atoms with Gasteiger partial charge in [0.1, 0.15) is 18.3 Å². The summed E-state index contributed by atoms with van der Waals surface area (Å²) in [6.45, 7) is 8.58. The van der Waals surface area contributed by atoms with Crippen LogP contribution in [0.2, 0.25) is 0 Å². The van der Waals surface area contributed by atoms with E-state index in [-0.39, 0.29) is 24.4 Å². The van der Waals surface area contributed by atoms with Gasteiger partial charge in [-0.05, 0) is 53.4 Å². The Kier molecular flexibility index (Phi) is 3.99. The van der Waals surface area contributed by atoms with Gasteiger partial charge in [-0.3, -0.25) is 0 Å². The van der Waals surface area contributed by atoms with E-state index in [4.69, 9.17) is 28.4 Å². The summed E-state index contributed by atoms with van der Waals surface area (Å²) >= 11 is 0. The van der Waals surface area contributed by atoms with Gasteiger partial charge in [-0.2, -0.15) is 0 Å². The zero-order valence-electron chi connectivity index (χ0n) is 14.4. The summed E-state index contributed by atoms with van der Waals surface area (Å²) in [6.07, 6.45) is 3.57. The molecule has 0 spiro atoms. The van der Waals surface area contributed by atoms with Crippen molar-refractivity contribution in [2.45, 2.75) is 102 Å². The minimum Gasteiger partial charge on any atom is -0.378 e. The highest BCUT2D eigenvalue weighted by atomic mass is 16.9. The molecular formula is C17H28O6. The Morgan fingerprint density at radius 2 is 1.52 bits per heavy atom. The molecule has 6 nitrogen and oxygen atoms in total. The second-order valence-electron chi connectivity index (χ2n) is 7.92. The highest BCUT2D eigenvalue weighted by molar-refractivity contribution is 5.00. The Labute approximate surface area is 137 Å². The van der Waals surface area contributed by atoms with Crippen LogP contribution in [0.25, 0.3) is 0 Å². The predicted octanol–water partition coefficient (Wildman–Crippen LogP) is 2.34. The molecular weight excluding hydrogens is 300 g/mol. The van der Waals surface area contributed by atoms with E-state index in [9.17, 15) is 0 Å². The largest absolute Gasteiger partial charge is 0.378 e. The smallest absolute Gasteiger partial charge is 0.190 e. The molecule has 0 aliphatic carbocycles. The van der Waals surface area contributed by atoms with Gasteiger partial charge in [0.25, 0.3) is 0 Å². The summed E-state index contributed by atoms with van der Waals surface area (Å²) in [5.41, 5.74) is 0. The van der Waals surface area contributed by atoms with Crippen LogP contribution in [-0.2, 0) is 28.4 Å². The lowest BCUT2D eigenvalue weighted by molar-refractivity contribution is -0.235. The van der Waals surface area contributed by atoms with Crippen molar-refractivity contribution < 1.29 is 28.4 Å². The lowest BCUT2D eigenvalue weighted by atomic mass is 9.94. The minimum absolute atomic E-state index is 0.0512. The van der Waals surface area contributed by atoms with E-state index in [0.29, 0.717) is 6.10 Å². The van der Waals surface area contributed by atoms with Gasteiger partial charge in [0.05, 0.1) is 12.2 Å². The SMILES string of the molecule is CC1(C)O[C@H]2[C@@H](O1)[C@@H](CCC1CCCO1)O[C@@H]1OC(C)(C)O[C@@H]12. The normalized spacial score (nSPS) is 47.5. The van der Waals surface area contributed by atoms with Crippen LogP contribution in [0.15, 0.2) is 0 Å². The van der Waals surface area contributed by atoms with E-state index in [1.807, 2.05) is 27.7 Å². The van der Waals surface area contributed by atoms with Gasteiger partial charge in [-0.1, -0.05) is 0 Å². The summed E-state index contributed by atoms with van der Waals surface area (Å²) in [4.78, 5) is 0. The molecule has 0 amide bonds. The summed E-state index contributed by atoms with van der Waals surface area (Å²) in [5, 5.41) is 0. The van der Waals surface area contributed by atoms with Gasteiger partial charge in [0.15, 0.2) is 17.9 Å². The highest BCUT2D eigenvalue weighted by Gasteiger charge is 2.60. The van der Waals surface area contributed by atoms with Crippen molar-refractivity contribution in [1.29, 1.82) is 0 Å². The number of hydrogen-bond acceptors (Lipinski definition) is 6. The summed E-state index contributed by atoms with van der Waals surface area (Å²) in [7, 11) is 0. The van der Waals surface area contributed by atoms with Crippen LogP contribution >= 0.6 is 0 Å². The van der Waals surface area contributed by atoms with Crippen LogP contribution in [0.1, 0.15) is 53.4 Å². The topological polar surface area (TPSA) is 55.4 Å². The molecule has 6 heteroatoms. The molecule has 0 saturated carbocycles. The standard InChI is InChI=1S/C17H28O6/c1-16(2)20-12-11(8-7-10-6-5-9-18-10)19-15-14(13(12)21-16)22-17(3,4)23-15/h10-15H,5-9H2,1-4H3/t10?,11-,12+,13+,14-,15-/m1/s1. The Hall–Kier alpha value is -0.240. The molecule has 0 aromatic carbocycles. The first-order chi connectivity index (χ1) is 10.8. The van der Waals surface area contributed by atoms with Crippen LogP contribution in [0.5, 0.6) is 0 Å². The zero-order valence-corrected chi connectivity index (χ0v) is 14.4. The predicted molar refractivity (Wildman–Crippen MR) is 80.7 cm³/mol. The summed E-state index contributed by atoms with van der Waals surface area (Å²) in [6, 6.07) is 0. The molecule has 4 aliphatic heterocycles. The van der Waals surface area contributed by atoms with Crippen molar-refractivity contribution in [3.8, 4) is 0 Å². The molecule has 1 unspecified atom stereocenters. The van der Waals surface area contributed by atoms with Crippen LogP contribution in [0, 0.1) is 0 Å². The zero-order chi connectivity index (χ0) is 16.2. The minimum atomic E-state index is -0.653. The third-order valence-corrected chi connectivity index (χ3v) is 5.05. The van der Waals surface area contributed by atoms with Crippen molar-refractivity contribution in [3.05, 3.63) is 0 Å². The van der Waals surface area contributed by atoms with E-state index in [0.717, 1.165) is 32.3 Å². The van der Waals surface area contributed by atoms with Crippen molar-refractivity contribution in [2.75, 3.05) is 6.61 Å². The van der Waals surface area contributed by atoms with Gasteiger partial charge in [0, 0.05) is 6.61 Å². The number of rotatable bonds is 3. The third-order valence-electron chi connectivity index (χ3n) is 5.05. The molecule has 0 N–H and O–H groups in total. The quantitative estimate of drug-likeness (QED) is 0.793. The molecule has 4 rings (SSSR count). The molecule has 23 heavy (non-hydrogen) atoms. The maximum atomic E-state index is 6.21. The fourth-order valence-electron chi connectivity index (χ4n) is 4.15. The van der Waals surface area contributed by atoms with E-state index < -0.39 is 17.9 Å². The van der Waals surface area contributed by atoms with Gasteiger partial charge < -0.3 is 28.4 Å². The monoisotopic (exact) mass is 328 g/mol.